The Bertz CT molecular complexity index is 154. The minimum Gasteiger partial charge on any atom is -0.448 e. The molecule has 0 aliphatic heterocycles. The summed E-state index contributed by atoms with van der Waals surface area (Å²) in [5, 5.41) is 7.81. The first-order valence-corrected chi connectivity index (χ1v) is 2.14. The van der Waals surface area contributed by atoms with E-state index < -0.39 is 12.2 Å². The van der Waals surface area contributed by atoms with Gasteiger partial charge in [0.1, 0.15) is 0 Å². The van der Waals surface area contributed by atoms with Crippen LogP contribution in [0.5, 0.6) is 0 Å². The summed E-state index contributed by atoms with van der Waals surface area (Å²) in [4.78, 5) is 23.3. The largest absolute Gasteiger partial charge is 0.530 e. The average molecular weight is 147 g/mol. The van der Waals surface area contributed by atoms with Gasteiger partial charge in [0.05, 0.1) is 6.26 Å². The summed E-state index contributed by atoms with van der Waals surface area (Å²) in [5.41, 5.74) is 1.45. The van der Waals surface area contributed by atoms with Crippen LogP contribution >= 0.6 is 0 Å². The number of ether oxygens (including phenoxy) is 1. The lowest BCUT2D eigenvalue weighted by Gasteiger charge is -1.98. The highest BCUT2D eigenvalue weighted by molar-refractivity contribution is 5.68. The van der Waals surface area contributed by atoms with Crippen molar-refractivity contribution in [3.63, 3.8) is 0 Å². The van der Waals surface area contributed by atoms with Crippen molar-refractivity contribution in [2.75, 3.05) is 0 Å². The molecule has 1 amide bonds. The third-order valence-electron chi connectivity index (χ3n) is 0.412. The number of hydroxylamine groups is 1. The van der Waals surface area contributed by atoms with E-state index in [4.69, 9.17) is 5.11 Å². The molecule has 2 N–H and O–H groups in total. The van der Waals surface area contributed by atoms with E-state index in [0.717, 1.165) is 6.26 Å². The Kier molecular flexibility index (Phi) is 3.47. The highest BCUT2D eigenvalue weighted by atomic mass is 16.8. The topological polar surface area (TPSA) is 84.9 Å². The van der Waals surface area contributed by atoms with E-state index in [1.807, 2.05) is 0 Å². The molecule has 0 aromatic carbocycles. The van der Waals surface area contributed by atoms with Gasteiger partial charge in [-0.2, -0.15) is 0 Å². The van der Waals surface area contributed by atoms with Gasteiger partial charge in [-0.1, -0.05) is 6.58 Å². The Hall–Kier alpha value is -1.72. The molecule has 0 bridgehead atoms. The predicted octanol–water partition coefficient (Wildman–Crippen LogP) is 0.466. The molecule has 0 aliphatic rings. The van der Waals surface area contributed by atoms with E-state index in [-0.39, 0.29) is 0 Å². The van der Waals surface area contributed by atoms with Gasteiger partial charge < -0.3 is 14.7 Å². The van der Waals surface area contributed by atoms with Crippen molar-refractivity contribution in [1.82, 2.24) is 5.48 Å². The lowest BCUT2D eigenvalue weighted by molar-refractivity contribution is 0.0424. The van der Waals surface area contributed by atoms with Gasteiger partial charge in [-0.05, 0) is 0 Å². The number of carbonyl (C=O) groups is 2. The predicted molar refractivity (Wildman–Crippen MR) is 28.9 cm³/mol. The van der Waals surface area contributed by atoms with Crippen molar-refractivity contribution in [1.29, 1.82) is 0 Å². The maximum absolute atomic E-state index is 10.2. The summed E-state index contributed by atoms with van der Waals surface area (Å²) in [6, 6.07) is 0. The van der Waals surface area contributed by atoms with Gasteiger partial charge in [0.2, 0.25) is 0 Å². The molecule has 0 saturated carbocycles. The van der Waals surface area contributed by atoms with Gasteiger partial charge in [0.15, 0.2) is 0 Å². The molecular formula is C4H5NO5. The van der Waals surface area contributed by atoms with Gasteiger partial charge in [-0.15, -0.1) is 5.48 Å². The third kappa shape index (κ3) is 4.44. The summed E-state index contributed by atoms with van der Waals surface area (Å²) >= 11 is 0. The van der Waals surface area contributed by atoms with Gasteiger partial charge >= 0.3 is 12.2 Å². The van der Waals surface area contributed by atoms with E-state index in [0.29, 0.717) is 0 Å². The van der Waals surface area contributed by atoms with Crippen molar-refractivity contribution >= 4 is 12.2 Å². The normalized spacial score (nSPS) is 7.60. The molecule has 0 fully saturated rings. The van der Waals surface area contributed by atoms with Crippen LogP contribution in [0.2, 0.25) is 0 Å². The molecule has 0 aliphatic carbocycles. The fraction of sp³-hybridized carbons (Fsp3) is 0. The molecule has 0 atom stereocenters. The molecule has 56 valence electrons. The van der Waals surface area contributed by atoms with Crippen molar-refractivity contribution < 1.29 is 24.3 Å². The summed E-state index contributed by atoms with van der Waals surface area (Å²) in [6.07, 6.45) is -1.83. The smallest absolute Gasteiger partial charge is 0.448 e. The first-order valence-electron chi connectivity index (χ1n) is 2.14. The molecule has 0 rings (SSSR count). The minimum absolute atomic E-state index is 0.834. The molecule has 0 aromatic heterocycles. The summed E-state index contributed by atoms with van der Waals surface area (Å²) < 4.78 is 4.02. The van der Waals surface area contributed by atoms with Crippen LogP contribution in [-0.4, -0.2) is 17.4 Å². The Labute approximate surface area is 56.0 Å². The molecule has 0 spiro atoms. The Balaban J connectivity index is 3.39. The summed E-state index contributed by atoms with van der Waals surface area (Å²) in [7, 11) is 0. The van der Waals surface area contributed by atoms with E-state index >= 15 is 0 Å². The second-order valence-corrected chi connectivity index (χ2v) is 1.04. The lowest BCUT2D eigenvalue weighted by Crippen LogP contribution is -2.25. The van der Waals surface area contributed by atoms with Crippen LogP contribution in [0.15, 0.2) is 12.8 Å². The lowest BCUT2D eigenvalue weighted by atomic mass is 11.1. The monoisotopic (exact) mass is 147 g/mol. The number of hydrogen-bond donors (Lipinski definition) is 2. The maximum atomic E-state index is 10.2. The second kappa shape index (κ2) is 4.19. The fourth-order valence-corrected chi connectivity index (χ4v) is 0.185. The first kappa shape index (κ1) is 8.28. The number of carbonyl (C=O) groups excluding carboxylic acids is 1. The highest BCUT2D eigenvalue weighted by Crippen LogP contribution is 1.77. The Morgan fingerprint density at radius 3 is 2.60 bits per heavy atom. The fourth-order valence-electron chi connectivity index (χ4n) is 0.185. The summed E-state index contributed by atoms with van der Waals surface area (Å²) in [5.74, 6) is 0. The number of nitrogens with one attached hydrogen (secondary N) is 1. The molecule has 0 unspecified atom stereocenters. The third-order valence-corrected chi connectivity index (χ3v) is 0.412. The zero-order valence-corrected chi connectivity index (χ0v) is 4.86. The molecule has 0 radical (unpaired) electrons. The molecule has 0 saturated heterocycles. The number of rotatable bonds is 1. The van der Waals surface area contributed by atoms with E-state index in [2.05, 4.69) is 16.2 Å². The van der Waals surface area contributed by atoms with Crippen LogP contribution in [0.1, 0.15) is 0 Å². The SMILES string of the molecule is C=COC(=O)NOC(=O)O. The minimum atomic E-state index is -1.62. The summed E-state index contributed by atoms with van der Waals surface area (Å²) in [6.45, 7) is 3.04. The molecule has 6 nitrogen and oxygen atoms in total. The molecular weight excluding hydrogens is 142 g/mol. The molecule has 0 aromatic rings. The number of carboxylic acid groups (broad SMARTS) is 1. The van der Waals surface area contributed by atoms with Crippen LogP contribution in [0.4, 0.5) is 9.59 Å². The maximum Gasteiger partial charge on any atom is 0.530 e. The highest BCUT2D eigenvalue weighted by Gasteiger charge is 2.01. The Morgan fingerprint density at radius 1 is 1.60 bits per heavy atom. The standard InChI is InChI=1S/C4H5NO5/c1-2-9-3(6)5-10-4(7)8/h2H,1H2,(H,5,6)(H,7,8). The Morgan fingerprint density at radius 2 is 2.20 bits per heavy atom. The van der Waals surface area contributed by atoms with Gasteiger partial charge in [-0.25, -0.2) is 9.59 Å². The van der Waals surface area contributed by atoms with Gasteiger partial charge in [0.25, 0.3) is 0 Å². The van der Waals surface area contributed by atoms with Crippen molar-refractivity contribution in [2.45, 2.75) is 0 Å². The molecule has 6 heteroatoms. The van der Waals surface area contributed by atoms with Gasteiger partial charge in [-0.3, -0.25) is 0 Å². The second-order valence-electron chi connectivity index (χ2n) is 1.04. The van der Waals surface area contributed by atoms with Crippen LogP contribution in [0.25, 0.3) is 0 Å². The van der Waals surface area contributed by atoms with Crippen LogP contribution < -0.4 is 5.48 Å². The van der Waals surface area contributed by atoms with Crippen LogP contribution in [0, 0.1) is 0 Å². The van der Waals surface area contributed by atoms with E-state index in [1.54, 1.807) is 0 Å². The van der Waals surface area contributed by atoms with Crippen molar-refractivity contribution in [3.8, 4) is 0 Å². The van der Waals surface area contributed by atoms with Crippen molar-refractivity contribution in [2.24, 2.45) is 0 Å². The quantitative estimate of drug-likeness (QED) is 0.415. The zero-order valence-electron chi connectivity index (χ0n) is 4.86. The zero-order chi connectivity index (χ0) is 7.98. The van der Waals surface area contributed by atoms with E-state index in [9.17, 15) is 9.59 Å². The van der Waals surface area contributed by atoms with Gasteiger partial charge in [0, 0.05) is 0 Å². The average Bonchev–Trinajstić information content (AvgIpc) is 1.85. The van der Waals surface area contributed by atoms with Crippen LogP contribution in [0.3, 0.4) is 0 Å². The van der Waals surface area contributed by atoms with E-state index in [1.165, 1.54) is 5.48 Å². The molecule has 0 heterocycles. The molecule has 10 heavy (non-hydrogen) atoms. The number of amides is 1. The first-order chi connectivity index (χ1) is 4.66. The van der Waals surface area contributed by atoms with Crippen molar-refractivity contribution in [3.05, 3.63) is 12.8 Å². The van der Waals surface area contributed by atoms with Crippen LogP contribution in [-0.2, 0) is 9.57 Å². The number of hydrogen-bond acceptors (Lipinski definition) is 4.